The van der Waals surface area contributed by atoms with Gasteiger partial charge in [0.2, 0.25) is 10.0 Å². The molecule has 0 saturated heterocycles. The molecule has 1 heterocycles. The second-order valence-electron chi connectivity index (χ2n) is 6.47. The SMILES string of the molecule is CCN(Cc1cccc(C)c1)S(=O)(=O)c1ccc2c(c1)n(C)c(=O)n2C. The molecule has 3 rings (SSSR count). The summed E-state index contributed by atoms with van der Waals surface area (Å²) in [4.78, 5) is 12.3. The van der Waals surface area contributed by atoms with Gasteiger partial charge >= 0.3 is 5.69 Å². The normalized spacial score (nSPS) is 12.2. The van der Waals surface area contributed by atoms with Gasteiger partial charge in [0.1, 0.15) is 0 Å². The number of imidazole rings is 1. The van der Waals surface area contributed by atoms with Gasteiger partial charge in [-0.05, 0) is 30.7 Å². The molecule has 0 bridgehead atoms. The van der Waals surface area contributed by atoms with Gasteiger partial charge in [0, 0.05) is 27.2 Å². The lowest BCUT2D eigenvalue weighted by molar-refractivity contribution is 0.423. The summed E-state index contributed by atoms with van der Waals surface area (Å²) < 4.78 is 30.7. The largest absolute Gasteiger partial charge is 0.328 e. The van der Waals surface area contributed by atoms with E-state index in [1.165, 1.54) is 13.4 Å². The lowest BCUT2D eigenvalue weighted by atomic mass is 10.1. The van der Waals surface area contributed by atoms with Crippen LogP contribution in [0.3, 0.4) is 0 Å². The van der Waals surface area contributed by atoms with Crippen LogP contribution in [0.15, 0.2) is 52.2 Å². The van der Waals surface area contributed by atoms with E-state index in [2.05, 4.69) is 0 Å². The summed E-state index contributed by atoms with van der Waals surface area (Å²) in [5.74, 6) is 0. The van der Waals surface area contributed by atoms with Gasteiger partial charge in [-0.15, -0.1) is 0 Å². The highest BCUT2D eigenvalue weighted by atomic mass is 32.2. The first kappa shape index (κ1) is 18.4. The number of nitrogens with zero attached hydrogens (tertiary/aromatic N) is 3. The summed E-state index contributed by atoms with van der Waals surface area (Å²) in [6.45, 7) is 4.48. The Morgan fingerprint density at radius 3 is 2.35 bits per heavy atom. The molecule has 0 saturated carbocycles. The van der Waals surface area contributed by atoms with E-state index in [0.29, 0.717) is 24.1 Å². The molecule has 0 aliphatic carbocycles. The molecule has 0 fully saturated rings. The molecule has 1 aromatic heterocycles. The fourth-order valence-electron chi connectivity index (χ4n) is 3.18. The first-order chi connectivity index (χ1) is 12.3. The second kappa shape index (κ2) is 6.74. The molecule has 2 aromatic carbocycles. The molecule has 138 valence electrons. The third-order valence-electron chi connectivity index (χ3n) is 4.68. The van der Waals surface area contributed by atoms with Crippen molar-refractivity contribution in [1.82, 2.24) is 13.4 Å². The maximum Gasteiger partial charge on any atom is 0.328 e. The van der Waals surface area contributed by atoms with E-state index >= 15 is 0 Å². The Bertz CT molecular complexity index is 1130. The molecule has 7 heteroatoms. The molecule has 0 aliphatic rings. The van der Waals surface area contributed by atoms with Crippen molar-refractivity contribution in [1.29, 1.82) is 0 Å². The van der Waals surface area contributed by atoms with E-state index in [4.69, 9.17) is 0 Å². The maximum absolute atomic E-state index is 13.1. The minimum atomic E-state index is -3.67. The number of sulfonamides is 1. The van der Waals surface area contributed by atoms with Crippen LogP contribution in [0.25, 0.3) is 11.0 Å². The van der Waals surface area contributed by atoms with Crippen LogP contribution in [0.4, 0.5) is 0 Å². The number of hydrogen-bond donors (Lipinski definition) is 0. The number of aromatic nitrogens is 2. The van der Waals surface area contributed by atoms with Crippen molar-refractivity contribution in [2.45, 2.75) is 25.3 Å². The molecule has 0 aliphatic heterocycles. The van der Waals surface area contributed by atoms with Gasteiger partial charge in [-0.1, -0.05) is 36.8 Å². The first-order valence-electron chi connectivity index (χ1n) is 8.47. The van der Waals surface area contributed by atoms with Crippen LogP contribution in [-0.2, 0) is 30.7 Å². The number of aryl methyl sites for hydroxylation is 3. The monoisotopic (exact) mass is 373 g/mol. The number of fused-ring (bicyclic) bond motifs is 1. The quantitative estimate of drug-likeness (QED) is 0.690. The predicted molar refractivity (Wildman–Crippen MR) is 103 cm³/mol. The van der Waals surface area contributed by atoms with Crippen LogP contribution in [0.2, 0.25) is 0 Å². The summed E-state index contributed by atoms with van der Waals surface area (Å²) in [6.07, 6.45) is 0. The molecule has 0 unspecified atom stereocenters. The van der Waals surface area contributed by atoms with Crippen molar-refractivity contribution >= 4 is 21.1 Å². The maximum atomic E-state index is 13.1. The zero-order chi connectivity index (χ0) is 19.1. The average Bonchev–Trinajstić information content (AvgIpc) is 2.83. The van der Waals surface area contributed by atoms with E-state index < -0.39 is 10.0 Å². The lowest BCUT2D eigenvalue weighted by Crippen LogP contribution is -2.30. The molecule has 6 nitrogen and oxygen atoms in total. The Kier molecular flexibility index (Phi) is 4.77. The van der Waals surface area contributed by atoms with Crippen LogP contribution in [-0.4, -0.2) is 28.4 Å². The fraction of sp³-hybridized carbons (Fsp3) is 0.316. The summed E-state index contributed by atoms with van der Waals surface area (Å²) in [5, 5.41) is 0. The summed E-state index contributed by atoms with van der Waals surface area (Å²) in [7, 11) is -0.346. The predicted octanol–water partition coefficient (Wildman–Crippen LogP) is 2.40. The number of hydrogen-bond acceptors (Lipinski definition) is 3. The zero-order valence-electron chi connectivity index (χ0n) is 15.4. The molecule has 0 amide bonds. The van der Waals surface area contributed by atoms with Crippen LogP contribution in [0.5, 0.6) is 0 Å². The summed E-state index contributed by atoms with van der Waals surface area (Å²) >= 11 is 0. The Morgan fingerprint density at radius 1 is 1.00 bits per heavy atom. The molecule has 0 radical (unpaired) electrons. The summed E-state index contributed by atoms with van der Waals surface area (Å²) in [5.41, 5.74) is 3.17. The average molecular weight is 373 g/mol. The zero-order valence-corrected chi connectivity index (χ0v) is 16.2. The van der Waals surface area contributed by atoms with Crippen molar-refractivity contribution in [2.24, 2.45) is 14.1 Å². The molecule has 26 heavy (non-hydrogen) atoms. The van der Waals surface area contributed by atoms with Crippen LogP contribution < -0.4 is 5.69 Å². The minimum Gasteiger partial charge on any atom is -0.295 e. The molecular formula is C19H23N3O3S. The highest BCUT2D eigenvalue weighted by molar-refractivity contribution is 7.89. The van der Waals surface area contributed by atoms with E-state index in [0.717, 1.165) is 11.1 Å². The number of rotatable bonds is 5. The van der Waals surface area contributed by atoms with Crippen LogP contribution in [0.1, 0.15) is 18.1 Å². The van der Waals surface area contributed by atoms with Gasteiger partial charge in [-0.2, -0.15) is 4.31 Å². The Balaban J connectivity index is 2.04. The Hall–Kier alpha value is -2.38. The van der Waals surface area contributed by atoms with E-state index in [-0.39, 0.29) is 10.6 Å². The molecule has 0 atom stereocenters. The lowest BCUT2D eigenvalue weighted by Gasteiger charge is -2.21. The third kappa shape index (κ3) is 3.08. The van der Waals surface area contributed by atoms with Crippen molar-refractivity contribution in [2.75, 3.05) is 6.54 Å². The molecular weight excluding hydrogens is 350 g/mol. The smallest absolute Gasteiger partial charge is 0.295 e. The van der Waals surface area contributed by atoms with Gasteiger partial charge in [0.15, 0.2) is 0 Å². The summed E-state index contributed by atoms with van der Waals surface area (Å²) in [6, 6.07) is 12.7. The number of benzene rings is 2. The van der Waals surface area contributed by atoms with Gasteiger partial charge in [0.25, 0.3) is 0 Å². The minimum absolute atomic E-state index is 0.179. The topological polar surface area (TPSA) is 64.3 Å². The first-order valence-corrected chi connectivity index (χ1v) is 9.91. The van der Waals surface area contributed by atoms with Crippen molar-refractivity contribution in [3.05, 3.63) is 64.1 Å². The Labute approximate surface area is 153 Å². The van der Waals surface area contributed by atoms with E-state index in [9.17, 15) is 13.2 Å². The second-order valence-corrected chi connectivity index (χ2v) is 8.41. The third-order valence-corrected chi connectivity index (χ3v) is 6.59. The van der Waals surface area contributed by atoms with Crippen LogP contribution in [0, 0.1) is 6.92 Å². The van der Waals surface area contributed by atoms with Gasteiger partial charge < -0.3 is 0 Å². The van der Waals surface area contributed by atoms with Crippen molar-refractivity contribution in [3.8, 4) is 0 Å². The van der Waals surface area contributed by atoms with Gasteiger partial charge in [-0.25, -0.2) is 13.2 Å². The van der Waals surface area contributed by atoms with Gasteiger partial charge in [0.05, 0.1) is 15.9 Å². The molecule has 3 aromatic rings. The van der Waals surface area contributed by atoms with Gasteiger partial charge in [-0.3, -0.25) is 9.13 Å². The highest BCUT2D eigenvalue weighted by Crippen LogP contribution is 2.22. The Morgan fingerprint density at radius 2 is 1.69 bits per heavy atom. The van der Waals surface area contributed by atoms with E-state index in [1.54, 1.807) is 32.3 Å². The van der Waals surface area contributed by atoms with Crippen molar-refractivity contribution < 1.29 is 8.42 Å². The standard InChI is InChI=1S/C19H23N3O3S/c1-5-22(13-15-8-6-7-14(2)11-15)26(24,25)16-9-10-17-18(12-16)21(4)19(23)20(17)3/h6-12H,5,13H2,1-4H3. The highest BCUT2D eigenvalue weighted by Gasteiger charge is 2.24. The van der Waals surface area contributed by atoms with Crippen molar-refractivity contribution in [3.63, 3.8) is 0 Å². The molecule has 0 N–H and O–H groups in total. The van der Waals surface area contributed by atoms with E-state index in [1.807, 2.05) is 38.1 Å². The fourth-order valence-corrected chi connectivity index (χ4v) is 4.63. The van der Waals surface area contributed by atoms with Crippen LogP contribution >= 0.6 is 0 Å². The molecule has 0 spiro atoms.